The van der Waals surface area contributed by atoms with Crippen LogP contribution in [0, 0.1) is 0 Å². The molecule has 1 heterocycles. The van der Waals surface area contributed by atoms with Crippen molar-refractivity contribution in [2.24, 2.45) is 0 Å². The molecule has 1 aliphatic heterocycles. The lowest BCUT2D eigenvalue weighted by Gasteiger charge is -2.37. The van der Waals surface area contributed by atoms with Gasteiger partial charge in [-0.3, -0.25) is 4.79 Å². The van der Waals surface area contributed by atoms with E-state index < -0.39 is 5.92 Å². The quantitative estimate of drug-likeness (QED) is 0.473. The number of dihydropyridines is 1. The maximum absolute atomic E-state index is 13.7. The van der Waals surface area contributed by atoms with Gasteiger partial charge in [0.05, 0.1) is 25.4 Å². The van der Waals surface area contributed by atoms with E-state index >= 15 is 0 Å². The van der Waals surface area contributed by atoms with Gasteiger partial charge >= 0.3 is 5.97 Å². The normalized spacial score (nSPS) is 20.4. The smallest absolute Gasteiger partial charge is 0.337 e. The maximum Gasteiger partial charge on any atom is 0.337 e. The molecule has 0 amide bonds. The van der Waals surface area contributed by atoms with Crippen LogP contribution >= 0.6 is 0 Å². The molecule has 6 heteroatoms. The fraction of sp³-hybridized carbons (Fsp3) is 0.400. The molecule has 0 saturated heterocycles. The zero-order valence-electron chi connectivity index (χ0n) is 21.7. The van der Waals surface area contributed by atoms with Crippen LogP contribution < -0.4 is 14.8 Å². The van der Waals surface area contributed by atoms with Gasteiger partial charge in [0.15, 0.2) is 5.78 Å². The zero-order valence-corrected chi connectivity index (χ0v) is 21.7. The van der Waals surface area contributed by atoms with Crippen LogP contribution in [0.1, 0.15) is 69.9 Å². The third-order valence-electron chi connectivity index (χ3n) is 7.04. The Morgan fingerprint density at radius 1 is 1.00 bits per heavy atom. The minimum absolute atomic E-state index is 0.0461. The Kier molecular flexibility index (Phi) is 7.82. The van der Waals surface area contributed by atoms with Crippen LogP contribution in [0.5, 0.6) is 11.5 Å². The predicted octanol–water partition coefficient (Wildman–Crippen LogP) is 5.80. The van der Waals surface area contributed by atoms with E-state index in [2.05, 4.69) is 5.32 Å². The minimum Gasteiger partial charge on any atom is -0.497 e. The van der Waals surface area contributed by atoms with Gasteiger partial charge in [-0.15, -0.1) is 0 Å². The Morgan fingerprint density at radius 3 is 2.25 bits per heavy atom. The standard InChI is InChI=1S/C30H35NO5/c1-6-18(3)36-30(33)27-19(4)31-25-16-22(20-8-12-23(34-5)13-9-20)17-26(32)29(25)28(27)21-10-14-24(15-11-21)35-7-2/h8-15,18,22,28,31H,6-7,16-17H2,1-5H3/t18-,22+,28+/m0/s1. The lowest BCUT2D eigenvalue weighted by Crippen LogP contribution is -2.36. The number of rotatable bonds is 8. The molecule has 0 aromatic heterocycles. The van der Waals surface area contributed by atoms with Crippen LogP contribution in [0.15, 0.2) is 71.1 Å². The van der Waals surface area contributed by atoms with Crippen molar-refractivity contribution in [3.8, 4) is 11.5 Å². The van der Waals surface area contributed by atoms with E-state index in [1.165, 1.54) is 0 Å². The highest BCUT2D eigenvalue weighted by Gasteiger charge is 2.41. The summed E-state index contributed by atoms with van der Waals surface area (Å²) in [5.74, 6) is 0.767. The third kappa shape index (κ3) is 5.18. The number of methoxy groups -OCH3 is 1. The van der Waals surface area contributed by atoms with Crippen LogP contribution in [-0.2, 0) is 14.3 Å². The summed E-state index contributed by atoms with van der Waals surface area (Å²) in [7, 11) is 1.64. The van der Waals surface area contributed by atoms with Crippen molar-refractivity contribution in [1.82, 2.24) is 5.32 Å². The number of carbonyl (C=O) groups is 2. The second kappa shape index (κ2) is 11.0. The molecule has 190 valence electrons. The molecule has 6 nitrogen and oxygen atoms in total. The Morgan fingerprint density at radius 2 is 1.64 bits per heavy atom. The van der Waals surface area contributed by atoms with E-state index in [0.29, 0.717) is 30.6 Å². The van der Waals surface area contributed by atoms with Gasteiger partial charge in [0.1, 0.15) is 11.5 Å². The van der Waals surface area contributed by atoms with Crippen molar-refractivity contribution in [3.63, 3.8) is 0 Å². The number of Topliss-reactive ketones (excluding diaryl/α,β-unsaturated/α-hetero) is 1. The largest absolute Gasteiger partial charge is 0.497 e. The number of ketones is 1. The molecule has 0 saturated carbocycles. The molecular weight excluding hydrogens is 454 g/mol. The number of benzene rings is 2. The fourth-order valence-corrected chi connectivity index (χ4v) is 5.01. The van der Waals surface area contributed by atoms with Crippen molar-refractivity contribution in [2.45, 2.75) is 64.9 Å². The average molecular weight is 490 g/mol. The number of hydrogen-bond donors (Lipinski definition) is 1. The SMILES string of the molecule is CCOc1ccc([C@@H]2C(C(=O)O[C@@H](C)CC)=C(C)NC3=C2C(=O)C[C@H](c2ccc(OC)cc2)C3)cc1. The van der Waals surface area contributed by atoms with E-state index in [9.17, 15) is 9.59 Å². The van der Waals surface area contributed by atoms with E-state index in [0.717, 1.165) is 40.4 Å². The molecule has 0 unspecified atom stereocenters. The Hall–Kier alpha value is -3.54. The monoisotopic (exact) mass is 489 g/mol. The summed E-state index contributed by atoms with van der Waals surface area (Å²) < 4.78 is 16.6. The van der Waals surface area contributed by atoms with Crippen molar-refractivity contribution >= 4 is 11.8 Å². The highest BCUT2D eigenvalue weighted by molar-refractivity contribution is 6.04. The molecule has 1 N–H and O–H groups in total. The second-order valence-electron chi connectivity index (χ2n) is 9.42. The molecule has 3 atom stereocenters. The number of nitrogens with one attached hydrogen (secondary N) is 1. The molecular formula is C30H35NO5. The number of hydrogen-bond acceptors (Lipinski definition) is 6. The van der Waals surface area contributed by atoms with Crippen LogP contribution in [-0.4, -0.2) is 31.6 Å². The van der Waals surface area contributed by atoms with Gasteiger partial charge in [-0.1, -0.05) is 31.2 Å². The molecule has 4 rings (SSSR count). The lowest BCUT2D eigenvalue weighted by atomic mass is 9.71. The van der Waals surface area contributed by atoms with E-state index in [-0.39, 0.29) is 23.8 Å². The zero-order chi connectivity index (χ0) is 25.8. The Labute approximate surface area is 213 Å². The molecule has 0 radical (unpaired) electrons. The highest BCUT2D eigenvalue weighted by Crippen LogP contribution is 2.46. The van der Waals surface area contributed by atoms with Gasteiger partial charge in [0.25, 0.3) is 0 Å². The van der Waals surface area contributed by atoms with Crippen LogP contribution in [0.4, 0.5) is 0 Å². The highest BCUT2D eigenvalue weighted by atomic mass is 16.5. The Bertz CT molecular complexity index is 1180. The summed E-state index contributed by atoms with van der Waals surface area (Å²) >= 11 is 0. The maximum atomic E-state index is 13.7. The molecule has 2 aromatic rings. The van der Waals surface area contributed by atoms with Crippen molar-refractivity contribution in [3.05, 3.63) is 82.2 Å². The first-order valence-electron chi connectivity index (χ1n) is 12.7. The molecule has 2 aromatic carbocycles. The van der Waals surface area contributed by atoms with Gasteiger partial charge in [0, 0.05) is 29.3 Å². The van der Waals surface area contributed by atoms with E-state index in [1.807, 2.05) is 76.2 Å². The van der Waals surface area contributed by atoms with Crippen molar-refractivity contribution in [2.75, 3.05) is 13.7 Å². The summed E-state index contributed by atoms with van der Waals surface area (Å²) in [5.41, 5.74) is 4.73. The topological polar surface area (TPSA) is 73.9 Å². The predicted molar refractivity (Wildman–Crippen MR) is 139 cm³/mol. The number of carbonyl (C=O) groups excluding carboxylic acids is 2. The fourth-order valence-electron chi connectivity index (χ4n) is 5.01. The van der Waals surface area contributed by atoms with Crippen molar-refractivity contribution < 1.29 is 23.8 Å². The van der Waals surface area contributed by atoms with Crippen LogP contribution in [0.3, 0.4) is 0 Å². The first-order chi connectivity index (χ1) is 17.4. The van der Waals surface area contributed by atoms with Gasteiger partial charge in [0.2, 0.25) is 0 Å². The van der Waals surface area contributed by atoms with Gasteiger partial charge in [-0.25, -0.2) is 4.79 Å². The number of esters is 1. The van der Waals surface area contributed by atoms with Crippen LogP contribution in [0.2, 0.25) is 0 Å². The van der Waals surface area contributed by atoms with E-state index in [1.54, 1.807) is 7.11 Å². The summed E-state index contributed by atoms with van der Waals surface area (Å²) in [5, 5.41) is 3.41. The molecule has 0 spiro atoms. The molecule has 0 fully saturated rings. The minimum atomic E-state index is -0.488. The summed E-state index contributed by atoms with van der Waals surface area (Å²) in [4.78, 5) is 27.1. The van der Waals surface area contributed by atoms with Gasteiger partial charge in [-0.2, -0.15) is 0 Å². The van der Waals surface area contributed by atoms with E-state index in [4.69, 9.17) is 14.2 Å². The van der Waals surface area contributed by atoms with Crippen LogP contribution in [0.25, 0.3) is 0 Å². The molecule has 36 heavy (non-hydrogen) atoms. The summed E-state index contributed by atoms with van der Waals surface area (Å²) in [6, 6.07) is 15.6. The molecule has 0 bridgehead atoms. The summed E-state index contributed by atoms with van der Waals surface area (Å²) in [6.07, 6.45) is 1.57. The molecule has 1 aliphatic carbocycles. The third-order valence-corrected chi connectivity index (χ3v) is 7.04. The number of ether oxygens (including phenoxy) is 3. The second-order valence-corrected chi connectivity index (χ2v) is 9.42. The van der Waals surface area contributed by atoms with Gasteiger partial charge < -0.3 is 19.5 Å². The van der Waals surface area contributed by atoms with Crippen molar-refractivity contribution in [1.29, 1.82) is 0 Å². The first-order valence-corrected chi connectivity index (χ1v) is 12.7. The lowest BCUT2D eigenvalue weighted by molar-refractivity contribution is -0.144. The summed E-state index contributed by atoms with van der Waals surface area (Å²) in [6.45, 7) is 8.25. The molecule has 2 aliphatic rings. The first kappa shape index (κ1) is 25.5. The Balaban J connectivity index is 1.74. The average Bonchev–Trinajstić information content (AvgIpc) is 2.88. The number of allylic oxidation sites excluding steroid dienone is 3. The van der Waals surface area contributed by atoms with Gasteiger partial charge in [-0.05, 0) is 74.9 Å².